The molecule has 0 saturated carbocycles. The summed E-state index contributed by atoms with van der Waals surface area (Å²) in [6.07, 6.45) is 0.887. The number of nitrogens with zero attached hydrogens (tertiary/aromatic N) is 4. The SMILES string of the molecule is CCc1c(C)nc(-c2ccc(C)cc2)nc1N1CCN(C(=O)COC)CC1. The fraction of sp³-hybridized carbons (Fsp3) is 0.476. The number of rotatable bonds is 5. The number of aromatic nitrogens is 2. The van der Waals surface area contributed by atoms with Crippen LogP contribution in [0.15, 0.2) is 24.3 Å². The molecule has 27 heavy (non-hydrogen) atoms. The molecule has 1 aliphatic heterocycles. The van der Waals surface area contributed by atoms with E-state index < -0.39 is 0 Å². The lowest BCUT2D eigenvalue weighted by molar-refractivity contribution is -0.135. The molecular weight excluding hydrogens is 340 g/mol. The number of piperazine rings is 1. The quantitative estimate of drug-likeness (QED) is 0.812. The lowest BCUT2D eigenvalue weighted by Gasteiger charge is -2.36. The number of benzene rings is 1. The Bertz CT molecular complexity index is 797. The Morgan fingerprint density at radius 1 is 1.07 bits per heavy atom. The van der Waals surface area contributed by atoms with E-state index in [2.05, 4.69) is 49.9 Å². The molecule has 3 rings (SSSR count). The van der Waals surface area contributed by atoms with Gasteiger partial charge in [-0.3, -0.25) is 4.79 Å². The zero-order valence-electron chi connectivity index (χ0n) is 16.7. The van der Waals surface area contributed by atoms with Gasteiger partial charge in [-0.1, -0.05) is 36.8 Å². The summed E-state index contributed by atoms with van der Waals surface area (Å²) in [6, 6.07) is 8.31. The number of hydrogen-bond acceptors (Lipinski definition) is 5. The molecule has 2 aromatic rings. The smallest absolute Gasteiger partial charge is 0.248 e. The number of anilines is 1. The average molecular weight is 368 g/mol. The van der Waals surface area contributed by atoms with Crippen LogP contribution in [0, 0.1) is 13.8 Å². The topological polar surface area (TPSA) is 58.6 Å². The number of aryl methyl sites for hydroxylation is 2. The van der Waals surface area contributed by atoms with Crippen molar-refractivity contribution in [2.75, 3.05) is 44.8 Å². The summed E-state index contributed by atoms with van der Waals surface area (Å²) in [6.45, 7) is 9.33. The van der Waals surface area contributed by atoms with Gasteiger partial charge in [0.25, 0.3) is 0 Å². The Morgan fingerprint density at radius 2 is 1.74 bits per heavy atom. The van der Waals surface area contributed by atoms with E-state index in [1.807, 2.05) is 4.90 Å². The van der Waals surface area contributed by atoms with Crippen molar-refractivity contribution in [2.24, 2.45) is 0 Å². The second-order valence-corrected chi connectivity index (χ2v) is 6.96. The Labute approximate surface area is 161 Å². The zero-order chi connectivity index (χ0) is 19.4. The van der Waals surface area contributed by atoms with E-state index in [1.54, 1.807) is 7.11 Å². The average Bonchev–Trinajstić information content (AvgIpc) is 2.68. The molecule has 0 N–H and O–H groups in total. The molecule has 0 aliphatic carbocycles. The predicted molar refractivity (Wildman–Crippen MR) is 107 cm³/mol. The molecule has 0 bridgehead atoms. The maximum absolute atomic E-state index is 12.0. The molecule has 1 saturated heterocycles. The van der Waals surface area contributed by atoms with Gasteiger partial charge in [-0.25, -0.2) is 9.97 Å². The van der Waals surface area contributed by atoms with Crippen LogP contribution in [0.2, 0.25) is 0 Å². The first kappa shape index (κ1) is 19.3. The predicted octanol–water partition coefficient (Wildman–Crippen LogP) is 2.62. The number of carbonyl (C=O) groups excluding carboxylic acids is 1. The van der Waals surface area contributed by atoms with Crippen LogP contribution in [0.1, 0.15) is 23.7 Å². The Hall–Kier alpha value is -2.47. The van der Waals surface area contributed by atoms with Crippen LogP contribution in [-0.2, 0) is 16.0 Å². The maximum Gasteiger partial charge on any atom is 0.248 e. The number of carbonyl (C=O) groups is 1. The van der Waals surface area contributed by atoms with Crippen molar-refractivity contribution < 1.29 is 9.53 Å². The van der Waals surface area contributed by atoms with Gasteiger partial charge in [0.1, 0.15) is 12.4 Å². The summed E-state index contributed by atoms with van der Waals surface area (Å²) >= 11 is 0. The highest BCUT2D eigenvalue weighted by atomic mass is 16.5. The monoisotopic (exact) mass is 368 g/mol. The summed E-state index contributed by atoms with van der Waals surface area (Å²) in [4.78, 5) is 25.9. The van der Waals surface area contributed by atoms with Crippen molar-refractivity contribution in [3.63, 3.8) is 0 Å². The van der Waals surface area contributed by atoms with E-state index in [0.29, 0.717) is 13.1 Å². The van der Waals surface area contributed by atoms with Gasteiger partial charge in [-0.2, -0.15) is 0 Å². The molecule has 2 heterocycles. The van der Waals surface area contributed by atoms with E-state index in [9.17, 15) is 4.79 Å². The fourth-order valence-corrected chi connectivity index (χ4v) is 3.47. The molecule has 6 heteroatoms. The molecule has 1 aromatic heterocycles. The summed E-state index contributed by atoms with van der Waals surface area (Å²) in [5.74, 6) is 1.81. The summed E-state index contributed by atoms with van der Waals surface area (Å²) in [7, 11) is 1.55. The number of amides is 1. The Morgan fingerprint density at radius 3 is 2.33 bits per heavy atom. The molecule has 0 radical (unpaired) electrons. The molecule has 1 amide bonds. The van der Waals surface area contributed by atoms with Crippen LogP contribution in [0.25, 0.3) is 11.4 Å². The minimum Gasteiger partial charge on any atom is -0.375 e. The Kier molecular flexibility index (Phi) is 6.06. The highest BCUT2D eigenvalue weighted by molar-refractivity contribution is 5.77. The third kappa shape index (κ3) is 4.27. The largest absolute Gasteiger partial charge is 0.375 e. The van der Waals surface area contributed by atoms with Crippen LogP contribution < -0.4 is 4.90 Å². The van der Waals surface area contributed by atoms with Gasteiger partial charge in [0.05, 0.1) is 0 Å². The fourth-order valence-electron chi connectivity index (χ4n) is 3.47. The molecule has 6 nitrogen and oxygen atoms in total. The van der Waals surface area contributed by atoms with Gasteiger partial charge >= 0.3 is 0 Å². The van der Waals surface area contributed by atoms with Crippen molar-refractivity contribution in [1.29, 1.82) is 0 Å². The van der Waals surface area contributed by atoms with E-state index in [1.165, 1.54) is 11.1 Å². The minimum absolute atomic E-state index is 0.0482. The Balaban J connectivity index is 1.86. The molecule has 1 aromatic carbocycles. The zero-order valence-corrected chi connectivity index (χ0v) is 16.7. The van der Waals surface area contributed by atoms with Crippen molar-refractivity contribution in [1.82, 2.24) is 14.9 Å². The van der Waals surface area contributed by atoms with Gasteiger partial charge in [-0.05, 0) is 20.3 Å². The van der Waals surface area contributed by atoms with Crippen molar-refractivity contribution in [2.45, 2.75) is 27.2 Å². The van der Waals surface area contributed by atoms with Crippen LogP contribution in [-0.4, -0.2) is 60.7 Å². The third-order valence-electron chi connectivity index (χ3n) is 5.06. The minimum atomic E-state index is 0.0482. The van der Waals surface area contributed by atoms with Crippen molar-refractivity contribution >= 4 is 11.7 Å². The van der Waals surface area contributed by atoms with Gasteiger partial charge in [0.15, 0.2) is 5.82 Å². The summed E-state index contributed by atoms with van der Waals surface area (Å²) in [5, 5.41) is 0. The summed E-state index contributed by atoms with van der Waals surface area (Å²) < 4.78 is 4.97. The lowest BCUT2D eigenvalue weighted by Crippen LogP contribution is -2.50. The first-order chi connectivity index (χ1) is 13.0. The second-order valence-electron chi connectivity index (χ2n) is 6.96. The third-order valence-corrected chi connectivity index (χ3v) is 5.06. The molecule has 1 fully saturated rings. The molecule has 0 unspecified atom stereocenters. The highest BCUT2D eigenvalue weighted by Crippen LogP contribution is 2.26. The second kappa shape index (κ2) is 8.48. The van der Waals surface area contributed by atoms with Gasteiger partial charge in [-0.15, -0.1) is 0 Å². The molecule has 144 valence electrons. The molecule has 1 aliphatic rings. The van der Waals surface area contributed by atoms with Crippen LogP contribution in [0.5, 0.6) is 0 Å². The van der Waals surface area contributed by atoms with Gasteiger partial charge in [0, 0.05) is 50.1 Å². The molecule has 0 atom stereocenters. The van der Waals surface area contributed by atoms with E-state index >= 15 is 0 Å². The molecule has 0 spiro atoms. The lowest BCUT2D eigenvalue weighted by atomic mass is 10.1. The maximum atomic E-state index is 12.0. The van der Waals surface area contributed by atoms with E-state index in [-0.39, 0.29) is 12.5 Å². The first-order valence-electron chi connectivity index (χ1n) is 9.49. The van der Waals surface area contributed by atoms with Crippen LogP contribution in [0.4, 0.5) is 5.82 Å². The van der Waals surface area contributed by atoms with E-state index in [0.717, 1.165) is 42.4 Å². The highest BCUT2D eigenvalue weighted by Gasteiger charge is 2.24. The van der Waals surface area contributed by atoms with Crippen LogP contribution in [0.3, 0.4) is 0 Å². The van der Waals surface area contributed by atoms with Gasteiger partial charge in [0.2, 0.25) is 5.91 Å². The van der Waals surface area contributed by atoms with Crippen molar-refractivity contribution in [3.8, 4) is 11.4 Å². The van der Waals surface area contributed by atoms with Crippen LogP contribution >= 0.6 is 0 Å². The number of methoxy groups -OCH3 is 1. The summed E-state index contributed by atoms with van der Waals surface area (Å²) in [5.41, 5.74) is 4.46. The van der Waals surface area contributed by atoms with E-state index in [4.69, 9.17) is 14.7 Å². The standard InChI is InChI=1S/C21H28N4O2/c1-5-18-16(3)22-20(17-8-6-15(2)7-9-17)23-21(18)25-12-10-24(11-13-25)19(26)14-27-4/h6-9H,5,10-14H2,1-4H3. The normalized spacial score (nSPS) is 14.5. The number of ether oxygens (including phenoxy) is 1. The molecular formula is C21H28N4O2. The first-order valence-corrected chi connectivity index (χ1v) is 9.49. The number of hydrogen-bond donors (Lipinski definition) is 0. The van der Waals surface area contributed by atoms with Gasteiger partial charge < -0.3 is 14.5 Å². The van der Waals surface area contributed by atoms with Crippen molar-refractivity contribution in [3.05, 3.63) is 41.1 Å².